The third-order valence-electron chi connectivity index (χ3n) is 20.8. The molecule has 0 spiro atoms. The number of hydrogen-bond donors (Lipinski definition) is 0. The van der Waals surface area contributed by atoms with Gasteiger partial charge in [-0.05, 0) is 197 Å². The summed E-state index contributed by atoms with van der Waals surface area (Å²) in [6.07, 6.45) is 36.0. The Balaban J connectivity index is 0.00000982. The van der Waals surface area contributed by atoms with Crippen LogP contribution in [0.2, 0.25) is 0 Å². The number of carbonyl (C=O) groups is 1. The van der Waals surface area contributed by atoms with Gasteiger partial charge in [0.15, 0.2) is 0 Å². The van der Waals surface area contributed by atoms with Crippen molar-refractivity contribution in [2.75, 3.05) is 37.8 Å². The first-order valence-electron chi connectivity index (χ1n) is 37.9. The Labute approximate surface area is 617 Å². The first-order valence-corrected chi connectivity index (χ1v) is 37.9. The molecular formula is C91H99N5O5Zn. The average Bonchev–Trinajstić information content (AvgIpc) is 1.63. The molecule has 3 aromatic heterocycles. The van der Waals surface area contributed by atoms with Crippen LogP contribution in [-0.2, 0) is 19.5 Å². The molecule has 1 aliphatic carbocycles. The van der Waals surface area contributed by atoms with E-state index in [-0.39, 0.29) is 19.5 Å². The van der Waals surface area contributed by atoms with Gasteiger partial charge in [-0.15, -0.1) is 22.1 Å². The van der Waals surface area contributed by atoms with Crippen LogP contribution in [0.4, 0.5) is 5.69 Å². The molecule has 10 nitrogen and oxygen atoms in total. The Morgan fingerprint density at radius 3 is 1.19 bits per heavy atom. The van der Waals surface area contributed by atoms with Crippen molar-refractivity contribution in [1.29, 1.82) is 0 Å². The molecule has 6 heterocycles. The van der Waals surface area contributed by atoms with E-state index in [0.29, 0.717) is 54.8 Å². The zero-order chi connectivity index (χ0) is 69.1. The van der Waals surface area contributed by atoms with E-state index in [2.05, 4.69) is 209 Å². The number of anilines is 1. The minimum absolute atomic E-state index is 0. The molecule has 13 rings (SSSR count). The molecule has 3 aliphatic heterocycles. The number of aromatic nitrogens is 4. The maximum atomic E-state index is 14.0. The van der Waals surface area contributed by atoms with Crippen molar-refractivity contribution in [3.05, 3.63) is 216 Å². The molecule has 0 radical (unpaired) electrons. The number of hydrogen-bond acceptors (Lipinski definition) is 8. The number of nitrogens with zero attached hydrogens (tertiary/aromatic N) is 5. The second-order valence-electron chi connectivity index (χ2n) is 28.1. The van der Waals surface area contributed by atoms with Crippen LogP contribution in [0.25, 0.3) is 97.0 Å². The van der Waals surface area contributed by atoms with Gasteiger partial charge in [-0.3, -0.25) is 0 Å². The van der Waals surface area contributed by atoms with Crippen LogP contribution in [0.15, 0.2) is 182 Å². The molecule has 9 aromatic rings. The van der Waals surface area contributed by atoms with Crippen LogP contribution in [0.3, 0.4) is 0 Å². The predicted octanol–water partition coefficient (Wildman–Crippen LogP) is 23.4. The van der Waals surface area contributed by atoms with E-state index in [1.165, 1.54) is 95.5 Å². The van der Waals surface area contributed by atoms with Crippen LogP contribution in [0, 0.1) is 23.7 Å². The second-order valence-corrected chi connectivity index (χ2v) is 28.1. The Kier molecular flexibility index (Phi) is 25.8. The fourth-order valence-corrected chi connectivity index (χ4v) is 15.2. The molecule has 4 atom stereocenters. The molecule has 8 bridgehead atoms. The summed E-state index contributed by atoms with van der Waals surface area (Å²) < 4.78 is 25.2. The summed E-state index contributed by atoms with van der Waals surface area (Å²) in [6, 6.07) is 59.9. The average molecular weight is 1410 g/mol. The van der Waals surface area contributed by atoms with Gasteiger partial charge in [-0.2, -0.15) is 0 Å². The SMILES string of the molecule is CCCCCCCCOc1ccc(-c2c3nc(c(-c4ccc(OCCCCCCCC)cc4)c4ccc([n-]4)c(-c4ccc(OC(=O)c5ccc(N6C[C@@H]7[C@H](C6)[C@@H](/C=C/c6ccccc6)C[C@H]7C)cc5)cc4)c4nc(c(-c5ccc(OCCCCCCCC)cc5)c5ccc2[n-]5)C=C4)C=C3)cc1.[Zn+2]. The van der Waals surface area contributed by atoms with Gasteiger partial charge in [0.05, 0.1) is 48.2 Å². The Morgan fingerprint density at radius 2 is 0.794 bits per heavy atom. The smallest absolute Gasteiger partial charge is 0.657 e. The van der Waals surface area contributed by atoms with E-state index < -0.39 is 5.97 Å². The van der Waals surface area contributed by atoms with E-state index in [1.54, 1.807) is 0 Å². The van der Waals surface area contributed by atoms with Crippen molar-refractivity contribution < 1.29 is 43.2 Å². The van der Waals surface area contributed by atoms with Crippen molar-refractivity contribution in [3.8, 4) is 67.5 Å². The normalized spacial score (nSPS) is 16.0. The van der Waals surface area contributed by atoms with Gasteiger partial charge in [0.25, 0.3) is 0 Å². The van der Waals surface area contributed by atoms with Crippen LogP contribution < -0.4 is 33.8 Å². The van der Waals surface area contributed by atoms with Gasteiger partial charge in [0, 0.05) is 18.8 Å². The third kappa shape index (κ3) is 18.2. The topological polar surface area (TPSA) is 111 Å². The number of allylic oxidation sites excluding steroid dienone is 1. The minimum atomic E-state index is -0.412. The van der Waals surface area contributed by atoms with Crippen LogP contribution in [-0.4, -0.2) is 48.8 Å². The summed E-state index contributed by atoms with van der Waals surface area (Å²) in [5.41, 5.74) is 16.2. The largest absolute Gasteiger partial charge is 2.00 e. The standard InChI is InChI=1S/C91H99N5O5.Zn/c1-5-8-11-14-17-23-58-98-73-42-32-66(33-43-73)87-79-50-52-81(92-79)88(67-34-44-74(45-35-67)99-59-24-18-15-12-9-6-2)83-54-56-85(94-83)90(86-57-55-84(95-86)89(82-53-51-80(87)93-82)68-36-46-75(47-37-68)100-60-25-19-16-13-10-7-3)69-38-48-76(49-39-69)101-91(97)70-30-40-72(41-31-70)96-62-77-64(4)61-71(78(77)63-96)29-28-65-26-21-20-22-27-65;/h20-22,26-57,64,71,77-78H,5-19,23-25,58-63H2,1-4H3;/q-2;+2/b29-28+,87-79?,87-80?,88-81?,88-83?,89-82?,89-84?,90-85?,90-86?;/t64-,71+,77+,78-;/m1./s1. The molecular weight excluding hydrogens is 1310 g/mol. The first kappa shape index (κ1) is 72.7. The van der Waals surface area contributed by atoms with Crippen LogP contribution >= 0.6 is 0 Å². The molecule has 0 amide bonds. The van der Waals surface area contributed by atoms with Crippen LogP contribution in [0.1, 0.15) is 188 Å². The summed E-state index contributed by atoms with van der Waals surface area (Å²) in [6.45, 7) is 13.2. The van der Waals surface area contributed by atoms with Gasteiger partial charge in [0.1, 0.15) is 23.0 Å². The molecule has 6 aromatic carbocycles. The molecule has 102 heavy (non-hydrogen) atoms. The van der Waals surface area contributed by atoms with Gasteiger partial charge >= 0.3 is 25.4 Å². The Hall–Kier alpha value is -9.05. The van der Waals surface area contributed by atoms with E-state index >= 15 is 0 Å². The maximum absolute atomic E-state index is 14.0. The Bertz CT molecular complexity index is 4400. The fraction of sp³-hybridized carbons (Fsp3) is 0.352. The zero-order valence-corrected chi connectivity index (χ0v) is 63.4. The molecule has 520 valence electrons. The number of benzene rings is 6. The molecule has 0 N–H and O–H groups in total. The summed E-state index contributed by atoms with van der Waals surface area (Å²) in [4.78, 5) is 38.9. The summed E-state index contributed by atoms with van der Waals surface area (Å²) in [7, 11) is 0. The van der Waals surface area contributed by atoms with Gasteiger partial charge in [-0.1, -0.05) is 239 Å². The fourth-order valence-electron chi connectivity index (χ4n) is 15.2. The van der Waals surface area contributed by atoms with E-state index in [9.17, 15) is 4.79 Å². The monoisotopic (exact) mass is 1410 g/mol. The van der Waals surface area contributed by atoms with E-state index in [4.69, 9.17) is 38.9 Å². The van der Waals surface area contributed by atoms with Crippen molar-refractivity contribution in [1.82, 2.24) is 19.9 Å². The molecule has 1 saturated heterocycles. The van der Waals surface area contributed by atoms with Crippen molar-refractivity contribution in [3.63, 3.8) is 0 Å². The zero-order valence-electron chi connectivity index (χ0n) is 60.5. The molecule has 4 aliphatic rings. The number of carbonyl (C=O) groups excluding carboxylic acids is 1. The molecule has 1 saturated carbocycles. The summed E-state index contributed by atoms with van der Waals surface area (Å²) >= 11 is 0. The van der Waals surface area contributed by atoms with Gasteiger partial charge in [-0.25, -0.2) is 14.8 Å². The van der Waals surface area contributed by atoms with Crippen molar-refractivity contribution >= 4 is 64.1 Å². The summed E-state index contributed by atoms with van der Waals surface area (Å²) in [5, 5.41) is 0. The van der Waals surface area contributed by atoms with E-state index in [1.807, 2.05) is 36.4 Å². The Morgan fingerprint density at radius 1 is 0.431 bits per heavy atom. The number of unbranched alkanes of at least 4 members (excludes halogenated alkanes) is 15. The molecule has 0 unspecified atom stereocenters. The molecule has 2 fully saturated rings. The number of ether oxygens (including phenoxy) is 4. The van der Waals surface area contributed by atoms with Gasteiger partial charge < -0.3 is 33.8 Å². The van der Waals surface area contributed by atoms with Crippen molar-refractivity contribution in [2.45, 2.75) is 150 Å². The number of esters is 1. The minimum Gasteiger partial charge on any atom is -0.657 e. The summed E-state index contributed by atoms with van der Waals surface area (Å²) in [5.74, 6) is 4.96. The number of rotatable bonds is 33. The number of fused-ring (bicyclic) bond motifs is 9. The van der Waals surface area contributed by atoms with Crippen molar-refractivity contribution in [2.24, 2.45) is 23.7 Å². The third-order valence-corrected chi connectivity index (χ3v) is 20.8. The van der Waals surface area contributed by atoms with Gasteiger partial charge in [0.2, 0.25) is 0 Å². The second kappa shape index (κ2) is 36.2. The quantitative estimate of drug-likeness (QED) is 0.0171. The predicted molar refractivity (Wildman–Crippen MR) is 418 cm³/mol. The van der Waals surface area contributed by atoms with Crippen LogP contribution in [0.5, 0.6) is 23.0 Å². The maximum Gasteiger partial charge on any atom is 2.00 e. The van der Waals surface area contributed by atoms with E-state index in [0.717, 1.165) is 157 Å². The molecule has 11 heteroatoms. The first-order chi connectivity index (χ1) is 49.8.